The third-order valence-electron chi connectivity index (χ3n) is 5.52. The molecule has 0 amide bonds. The maximum atomic E-state index is 13.1. The molecule has 1 saturated heterocycles. The van der Waals surface area contributed by atoms with Crippen molar-refractivity contribution in [1.82, 2.24) is 4.90 Å². The number of benzene rings is 2. The summed E-state index contributed by atoms with van der Waals surface area (Å²) in [6.45, 7) is 0.915. The van der Waals surface area contributed by atoms with Crippen LogP contribution in [0, 0.1) is 5.92 Å². The van der Waals surface area contributed by atoms with Gasteiger partial charge in [0.2, 0.25) is 0 Å². The van der Waals surface area contributed by atoms with Crippen molar-refractivity contribution in [3.63, 3.8) is 0 Å². The molecule has 2 aromatic carbocycles. The highest BCUT2D eigenvalue weighted by Crippen LogP contribution is 2.42. The summed E-state index contributed by atoms with van der Waals surface area (Å²) in [5.41, 5.74) is 0.652. The number of halogens is 4. The van der Waals surface area contributed by atoms with E-state index in [1.807, 2.05) is 4.90 Å². The molecule has 2 aromatic rings. The Bertz CT molecular complexity index is 934. The zero-order valence-corrected chi connectivity index (χ0v) is 18.7. The number of carbonyl (C=O) groups is 1. The standard InChI is InChI=1S/C22H23BrF3NO4/c1-30-18-10-16(17(23)11-19(18)31-2)20(27-9-3-4-14(12-27)21(28)29)13-5-7-15(8-6-13)22(24,25)26/h5-8,10-11,14,20H,3-4,9,12H2,1-2H3,(H,28,29). The average Bonchev–Trinajstić information content (AvgIpc) is 2.74. The lowest BCUT2D eigenvalue weighted by Crippen LogP contribution is -2.41. The lowest BCUT2D eigenvalue weighted by Gasteiger charge is -2.38. The summed E-state index contributed by atoms with van der Waals surface area (Å²) >= 11 is 3.55. The van der Waals surface area contributed by atoms with Crippen LogP contribution in [-0.4, -0.2) is 43.3 Å². The van der Waals surface area contributed by atoms with E-state index < -0.39 is 29.7 Å². The second kappa shape index (κ2) is 9.48. The molecule has 0 radical (unpaired) electrons. The van der Waals surface area contributed by atoms with Gasteiger partial charge in [-0.15, -0.1) is 0 Å². The molecule has 0 aromatic heterocycles. The predicted molar refractivity (Wildman–Crippen MR) is 112 cm³/mol. The summed E-state index contributed by atoms with van der Waals surface area (Å²) in [4.78, 5) is 13.6. The van der Waals surface area contributed by atoms with Gasteiger partial charge in [0.05, 0.1) is 31.7 Å². The monoisotopic (exact) mass is 501 g/mol. The minimum Gasteiger partial charge on any atom is -0.493 e. The summed E-state index contributed by atoms with van der Waals surface area (Å²) in [6, 6.07) is 8.05. The molecule has 1 aliphatic rings. The predicted octanol–water partition coefficient (Wildman–Crippen LogP) is 5.37. The van der Waals surface area contributed by atoms with Gasteiger partial charge in [-0.2, -0.15) is 13.2 Å². The summed E-state index contributed by atoms with van der Waals surface area (Å²) in [5.74, 6) is -0.428. The van der Waals surface area contributed by atoms with Crippen molar-refractivity contribution < 1.29 is 32.5 Å². The smallest absolute Gasteiger partial charge is 0.416 e. The molecule has 3 rings (SSSR count). The number of nitrogens with zero attached hydrogens (tertiary/aromatic N) is 1. The van der Waals surface area contributed by atoms with Crippen LogP contribution in [0.5, 0.6) is 11.5 Å². The third kappa shape index (κ3) is 5.15. The second-order valence-corrected chi connectivity index (χ2v) is 8.28. The van der Waals surface area contributed by atoms with Crippen molar-refractivity contribution >= 4 is 21.9 Å². The molecule has 31 heavy (non-hydrogen) atoms. The molecule has 1 heterocycles. The van der Waals surface area contributed by atoms with E-state index in [0.29, 0.717) is 47.5 Å². The van der Waals surface area contributed by atoms with Crippen molar-refractivity contribution in [3.8, 4) is 11.5 Å². The molecular formula is C22H23BrF3NO4. The minimum atomic E-state index is -4.43. The Labute approximate surface area is 186 Å². The lowest BCUT2D eigenvalue weighted by atomic mass is 9.91. The van der Waals surface area contributed by atoms with Gasteiger partial charge in [-0.05, 0) is 54.8 Å². The first-order valence-corrected chi connectivity index (χ1v) is 10.5. The van der Waals surface area contributed by atoms with Crippen LogP contribution in [-0.2, 0) is 11.0 Å². The quantitative estimate of drug-likeness (QED) is 0.576. The number of likely N-dealkylation sites (tertiary alicyclic amines) is 1. The van der Waals surface area contributed by atoms with Crippen molar-refractivity contribution in [2.45, 2.75) is 25.1 Å². The zero-order chi connectivity index (χ0) is 22.8. The number of carboxylic acids is 1. The van der Waals surface area contributed by atoms with Gasteiger partial charge in [0.1, 0.15) is 0 Å². The normalized spacial score (nSPS) is 18.5. The minimum absolute atomic E-state index is 0.293. The van der Waals surface area contributed by atoms with E-state index in [4.69, 9.17) is 9.47 Å². The molecule has 1 N–H and O–H groups in total. The Hall–Kier alpha value is -2.26. The van der Waals surface area contributed by atoms with Crippen molar-refractivity contribution in [2.75, 3.05) is 27.3 Å². The van der Waals surface area contributed by atoms with Crippen molar-refractivity contribution in [2.24, 2.45) is 5.92 Å². The van der Waals surface area contributed by atoms with Crippen LogP contribution < -0.4 is 9.47 Å². The molecule has 168 valence electrons. The Balaban J connectivity index is 2.10. The van der Waals surface area contributed by atoms with E-state index in [-0.39, 0.29) is 0 Å². The number of ether oxygens (including phenoxy) is 2. The van der Waals surface area contributed by atoms with Crippen molar-refractivity contribution in [1.29, 1.82) is 0 Å². The molecule has 1 aliphatic heterocycles. The van der Waals surface area contributed by atoms with E-state index in [9.17, 15) is 23.1 Å². The highest BCUT2D eigenvalue weighted by Gasteiger charge is 2.34. The van der Waals surface area contributed by atoms with Gasteiger partial charge in [0.25, 0.3) is 0 Å². The van der Waals surface area contributed by atoms with E-state index in [2.05, 4.69) is 15.9 Å². The average molecular weight is 502 g/mol. The first kappa shape index (κ1) is 23.4. The Morgan fingerprint density at radius 2 is 1.77 bits per heavy atom. The fourth-order valence-corrected chi connectivity index (χ4v) is 4.50. The molecule has 0 aliphatic carbocycles. The fourth-order valence-electron chi connectivity index (χ4n) is 3.96. The van der Waals surface area contributed by atoms with Crippen LogP contribution in [0.2, 0.25) is 0 Å². The van der Waals surface area contributed by atoms with Crippen LogP contribution in [0.1, 0.15) is 35.6 Å². The Kier molecular flexibility index (Phi) is 7.16. The zero-order valence-electron chi connectivity index (χ0n) is 17.1. The first-order valence-electron chi connectivity index (χ1n) is 9.71. The second-order valence-electron chi connectivity index (χ2n) is 7.42. The first-order chi connectivity index (χ1) is 14.7. The number of hydrogen-bond acceptors (Lipinski definition) is 4. The van der Waals surface area contributed by atoms with Gasteiger partial charge in [0.15, 0.2) is 11.5 Å². The van der Waals surface area contributed by atoms with E-state index in [0.717, 1.165) is 17.7 Å². The lowest BCUT2D eigenvalue weighted by molar-refractivity contribution is -0.144. The molecule has 2 atom stereocenters. The molecule has 9 heteroatoms. The summed E-state index contributed by atoms with van der Waals surface area (Å²) < 4.78 is 50.7. The Morgan fingerprint density at radius 1 is 1.16 bits per heavy atom. The molecule has 1 fully saturated rings. The van der Waals surface area contributed by atoms with E-state index in [1.165, 1.54) is 26.4 Å². The Morgan fingerprint density at radius 3 is 2.32 bits per heavy atom. The number of alkyl halides is 3. The highest BCUT2D eigenvalue weighted by atomic mass is 79.9. The van der Waals surface area contributed by atoms with Gasteiger partial charge >= 0.3 is 12.1 Å². The highest BCUT2D eigenvalue weighted by molar-refractivity contribution is 9.10. The summed E-state index contributed by atoms with van der Waals surface area (Å²) in [5, 5.41) is 9.51. The largest absolute Gasteiger partial charge is 0.493 e. The van der Waals surface area contributed by atoms with Gasteiger partial charge in [-0.1, -0.05) is 28.1 Å². The molecule has 2 unspecified atom stereocenters. The fraction of sp³-hybridized carbons (Fsp3) is 0.409. The summed E-state index contributed by atoms with van der Waals surface area (Å²) in [6.07, 6.45) is -3.19. The van der Waals surface area contributed by atoms with Crippen LogP contribution >= 0.6 is 15.9 Å². The topological polar surface area (TPSA) is 59.0 Å². The van der Waals surface area contributed by atoms with Crippen LogP contribution in [0.25, 0.3) is 0 Å². The molecular weight excluding hydrogens is 479 g/mol. The van der Waals surface area contributed by atoms with Crippen molar-refractivity contribution in [3.05, 3.63) is 57.6 Å². The van der Waals surface area contributed by atoms with E-state index >= 15 is 0 Å². The molecule has 0 bridgehead atoms. The maximum Gasteiger partial charge on any atom is 0.416 e. The molecule has 0 spiro atoms. The number of carboxylic acid groups (broad SMARTS) is 1. The number of methoxy groups -OCH3 is 2. The van der Waals surface area contributed by atoms with Gasteiger partial charge in [0, 0.05) is 11.0 Å². The van der Waals surface area contributed by atoms with Gasteiger partial charge < -0.3 is 14.6 Å². The van der Waals surface area contributed by atoms with Gasteiger partial charge in [-0.25, -0.2) is 0 Å². The van der Waals surface area contributed by atoms with Gasteiger partial charge in [-0.3, -0.25) is 9.69 Å². The number of hydrogen-bond donors (Lipinski definition) is 1. The van der Waals surface area contributed by atoms with Crippen LogP contribution in [0.3, 0.4) is 0 Å². The maximum absolute atomic E-state index is 13.1. The van der Waals surface area contributed by atoms with Crippen LogP contribution in [0.4, 0.5) is 13.2 Å². The number of aliphatic carboxylic acids is 1. The number of rotatable bonds is 6. The third-order valence-corrected chi connectivity index (χ3v) is 6.21. The summed E-state index contributed by atoms with van der Waals surface area (Å²) in [7, 11) is 3.02. The molecule has 0 saturated carbocycles. The number of piperidine rings is 1. The SMILES string of the molecule is COc1cc(Br)c(C(c2ccc(C(F)(F)F)cc2)N2CCCC(C(=O)O)C2)cc1OC. The molecule has 5 nitrogen and oxygen atoms in total. The van der Waals surface area contributed by atoms with E-state index in [1.54, 1.807) is 12.1 Å². The van der Waals surface area contributed by atoms with Crippen LogP contribution in [0.15, 0.2) is 40.9 Å².